The Kier molecular flexibility index (Phi) is 12.3. The molecule has 0 saturated heterocycles. The molecule has 0 spiro atoms. The number of carbonyl (C=O) groups is 1. The molecule has 0 unspecified atom stereocenters. The van der Waals surface area contributed by atoms with Gasteiger partial charge in [-0.2, -0.15) is 0 Å². The van der Waals surface area contributed by atoms with E-state index in [0.717, 1.165) is 31.1 Å². The number of unbranched alkanes of at least 4 members (excludes halogenated alkanes) is 12. The van der Waals surface area contributed by atoms with Crippen molar-refractivity contribution in [1.82, 2.24) is 0 Å². The number of carbonyl (C=O) groups excluding carboxylic acids is 1. The molecule has 0 N–H and O–H groups in total. The van der Waals surface area contributed by atoms with Crippen LogP contribution in [0.2, 0.25) is 19.6 Å². The average molecular weight is 599 g/mol. The van der Waals surface area contributed by atoms with Gasteiger partial charge in [-0.05, 0) is 99.4 Å². The molecule has 0 aromatic heterocycles. The molecule has 4 heteroatoms. The number of allylic oxidation sites excluding steroid dienone is 4. The third kappa shape index (κ3) is 8.57. The second-order valence-corrected chi connectivity index (χ2v) is 20.5. The molecule has 0 radical (unpaired) electrons. The van der Waals surface area contributed by atoms with Crippen LogP contribution in [0.3, 0.4) is 0 Å². The Morgan fingerprint density at radius 1 is 0.833 bits per heavy atom. The van der Waals surface area contributed by atoms with Gasteiger partial charge in [-0.1, -0.05) is 104 Å². The summed E-state index contributed by atoms with van der Waals surface area (Å²) in [6.07, 6.45) is 31.3. The molecular weight excluding hydrogens is 533 g/mol. The maximum Gasteiger partial charge on any atom is 0.306 e. The minimum atomic E-state index is -1.57. The normalized spacial score (nSPS) is 32.3. The molecule has 0 aromatic carbocycles. The second-order valence-electron chi connectivity index (χ2n) is 16.1. The molecule has 4 aliphatic rings. The minimum Gasteiger partial charge on any atom is -0.547 e. The lowest BCUT2D eigenvalue weighted by molar-refractivity contribution is -0.159. The first kappa shape index (κ1) is 33.9. The van der Waals surface area contributed by atoms with Crippen LogP contribution in [-0.2, 0) is 14.0 Å². The summed E-state index contributed by atoms with van der Waals surface area (Å²) in [5.74, 6) is 3.46. The SMILES string of the molecule is CCCCCCCCCCCCCCCC(=O)O[C@@H]1CC[C@H]2[C@@H]3CC=C4C=C(O[Si](C)(C)C)CC[C@]4(C)[C@H]3CC[C@]12C. The lowest BCUT2D eigenvalue weighted by Gasteiger charge is -2.56. The van der Waals surface area contributed by atoms with Gasteiger partial charge < -0.3 is 9.16 Å². The monoisotopic (exact) mass is 598 g/mol. The number of hydrogen-bond donors (Lipinski definition) is 0. The smallest absolute Gasteiger partial charge is 0.306 e. The first-order valence-corrected chi connectivity index (χ1v) is 21.8. The van der Waals surface area contributed by atoms with Crippen molar-refractivity contribution in [3.63, 3.8) is 0 Å². The van der Waals surface area contributed by atoms with Crippen molar-refractivity contribution in [3.05, 3.63) is 23.5 Å². The Morgan fingerprint density at radius 2 is 1.45 bits per heavy atom. The van der Waals surface area contributed by atoms with Gasteiger partial charge in [-0.3, -0.25) is 4.79 Å². The van der Waals surface area contributed by atoms with Crippen molar-refractivity contribution in [2.45, 2.75) is 181 Å². The largest absolute Gasteiger partial charge is 0.547 e. The number of hydrogen-bond acceptors (Lipinski definition) is 3. The van der Waals surface area contributed by atoms with Gasteiger partial charge in [0.2, 0.25) is 8.32 Å². The van der Waals surface area contributed by atoms with Crippen molar-refractivity contribution in [2.24, 2.45) is 28.6 Å². The van der Waals surface area contributed by atoms with Gasteiger partial charge in [-0.25, -0.2) is 0 Å². The van der Waals surface area contributed by atoms with Crippen molar-refractivity contribution in [2.75, 3.05) is 0 Å². The van der Waals surface area contributed by atoms with Crippen LogP contribution < -0.4 is 0 Å². The zero-order valence-electron chi connectivity index (χ0n) is 28.5. The summed E-state index contributed by atoms with van der Waals surface area (Å²) in [5, 5.41) is 0. The Hall–Kier alpha value is -1.03. The lowest BCUT2D eigenvalue weighted by atomic mass is 9.48. The van der Waals surface area contributed by atoms with Gasteiger partial charge in [0.25, 0.3) is 0 Å². The fraction of sp³-hybridized carbons (Fsp3) is 0.868. The summed E-state index contributed by atoms with van der Waals surface area (Å²) in [6.45, 7) is 14.2. The van der Waals surface area contributed by atoms with Crippen LogP contribution in [0.4, 0.5) is 0 Å². The maximum absolute atomic E-state index is 12.9. The molecular formula is C38H66O3Si. The Labute approximate surface area is 261 Å². The van der Waals surface area contributed by atoms with Crippen molar-refractivity contribution in [1.29, 1.82) is 0 Å². The van der Waals surface area contributed by atoms with Crippen molar-refractivity contribution in [3.8, 4) is 0 Å². The fourth-order valence-electron chi connectivity index (χ4n) is 9.42. The molecule has 42 heavy (non-hydrogen) atoms. The van der Waals surface area contributed by atoms with Gasteiger partial charge in [-0.15, -0.1) is 0 Å². The molecule has 0 bridgehead atoms. The van der Waals surface area contributed by atoms with Crippen LogP contribution in [0, 0.1) is 28.6 Å². The van der Waals surface area contributed by atoms with E-state index in [1.54, 1.807) is 5.57 Å². The Bertz CT molecular complexity index is 931. The quantitative estimate of drug-likeness (QED) is 0.0949. The Morgan fingerprint density at radius 3 is 2.07 bits per heavy atom. The molecule has 0 aromatic rings. The van der Waals surface area contributed by atoms with E-state index in [4.69, 9.17) is 9.16 Å². The van der Waals surface area contributed by atoms with Crippen LogP contribution in [0.15, 0.2) is 23.5 Å². The third-order valence-corrected chi connectivity index (χ3v) is 12.7. The lowest BCUT2D eigenvalue weighted by Crippen LogP contribution is -2.50. The van der Waals surface area contributed by atoms with Crippen LogP contribution in [-0.4, -0.2) is 20.4 Å². The molecule has 0 aliphatic heterocycles. The Balaban J connectivity index is 1.17. The highest BCUT2D eigenvalue weighted by Gasteiger charge is 2.59. The van der Waals surface area contributed by atoms with Crippen LogP contribution in [0.1, 0.15) is 156 Å². The van der Waals surface area contributed by atoms with Crippen molar-refractivity contribution >= 4 is 14.3 Å². The molecule has 3 nitrogen and oxygen atoms in total. The second kappa shape index (κ2) is 15.3. The van der Waals surface area contributed by atoms with E-state index < -0.39 is 8.32 Å². The van der Waals surface area contributed by atoms with Crippen molar-refractivity contribution < 1.29 is 14.0 Å². The fourth-order valence-corrected chi connectivity index (χ4v) is 10.4. The minimum absolute atomic E-state index is 0.0669. The summed E-state index contributed by atoms with van der Waals surface area (Å²) in [5.41, 5.74) is 1.98. The predicted molar refractivity (Wildman–Crippen MR) is 180 cm³/mol. The summed E-state index contributed by atoms with van der Waals surface area (Å²) < 4.78 is 12.7. The molecule has 2 saturated carbocycles. The summed E-state index contributed by atoms with van der Waals surface area (Å²) in [4.78, 5) is 12.9. The number of ether oxygens (including phenoxy) is 1. The number of esters is 1. The van der Waals surface area contributed by atoms with Gasteiger partial charge in [0, 0.05) is 18.3 Å². The first-order valence-electron chi connectivity index (χ1n) is 18.4. The number of rotatable bonds is 17. The van der Waals surface area contributed by atoms with E-state index >= 15 is 0 Å². The highest BCUT2D eigenvalue weighted by Crippen LogP contribution is 2.65. The first-order chi connectivity index (χ1) is 20.1. The van der Waals surface area contributed by atoms with Gasteiger partial charge in [0.05, 0.1) is 5.76 Å². The van der Waals surface area contributed by atoms with E-state index in [1.165, 1.54) is 115 Å². The van der Waals surface area contributed by atoms with E-state index in [1.807, 2.05) is 0 Å². The predicted octanol–water partition coefficient (Wildman–Crippen LogP) is 11.7. The molecule has 0 amide bonds. The van der Waals surface area contributed by atoms with Crippen LogP contribution in [0.5, 0.6) is 0 Å². The van der Waals surface area contributed by atoms with E-state index in [-0.39, 0.29) is 22.9 Å². The molecule has 2 fully saturated rings. The summed E-state index contributed by atoms with van der Waals surface area (Å²) >= 11 is 0. The van der Waals surface area contributed by atoms with E-state index in [2.05, 4.69) is 52.6 Å². The van der Waals surface area contributed by atoms with Gasteiger partial charge in [0.15, 0.2) is 0 Å². The highest BCUT2D eigenvalue weighted by atomic mass is 28.4. The number of fused-ring (bicyclic) bond motifs is 5. The van der Waals surface area contributed by atoms with E-state index in [0.29, 0.717) is 12.3 Å². The molecule has 6 atom stereocenters. The average Bonchev–Trinajstić information content (AvgIpc) is 3.26. The molecule has 4 rings (SSSR count). The van der Waals surface area contributed by atoms with Crippen LogP contribution in [0.25, 0.3) is 0 Å². The molecule has 4 aliphatic carbocycles. The van der Waals surface area contributed by atoms with Gasteiger partial charge >= 0.3 is 5.97 Å². The maximum atomic E-state index is 12.9. The van der Waals surface area contributed by atoms with Gasteiger partial charge in [0.1, 0.15) is 6.10 Å². The summed E-state index contributed by atoms with van der Waals surface area (Å²) in [7, 11) is -1.57. The standard InChI is InChI=1S/C38H66O3Si/c1-7-8-9-10-11-12-13-14-15-16-17-18-19-20-36(39)40-35-24-23-33-32-22-21-30-29-31(41-42(4,5)6)25-27-37(30,2)34(32)26-28-38(33,35)3/h21,29,32-35H,7-20,22-28H2,1-6H3/t32-,33-,34-,35+,37-,38-/m0/s1. The molecule has 0 heterocycles. The third-order valence-electron chi connectivity index (χ3n) is 11.8. The zero-order valence-corrected chi connectivity index (χ0v) is 29.5. The summed E-state index contributed by atoms with van der Waals surface area (Å²) in [6, 6.07) is 0. The highest BCUT2D eigenvalue weighted by molar-refractivity contribution is 6.70. The van der Waals surface area contributed by atoms with E-state index in [9.17, 15) is 4.79 Å². The van der Waals surface area contributed by atoms with Crippen LogP contribution >= 0.6 is 0 Å². The zero-order chi connectivity index (χ0) is 30.2. The molecule has 240 valence electrons. The topological polar surface area (TPSA) is 35.5 Å².